The Bertz CT molecular complexity index is 1170. The van der Waals surface area contributed by atoms with Crippen LogP contribution >= 0.6 is 0 Å². The van der Waals surface area contributed by atoms with Crippen LogP contribution in [0.15, 0.2) is 41.8 Å². The predicted octanol–water partition coefficient (Wildman–Crippen LogP) is 1.95. The standard InChI is InChI=1S/C18H13F2N3O4/c1-8(7-24)15-13(20)5-10-16(25)11(18(26)27)6-23(17(10)22-15)9-2-3-12(19)14(21)4-9/h2-6,24H,1,7,21H2,(H,26,27). The Balaban J connectivity index is 2.47. The molecule has 0 aliphatic heterocycles. The first kappa shape index (κ1) is 18.2. The summed E-state index contributed by atoms with van der Waals surface area (Å²) in [6.07, 6.45) is 0.996. The number of pyridine rings is 2. The van der Waals surface area contributed by atoms with Crippen LogP contribution in [0.5, 0.6) is 0 Å². The second kappa shape index (κ2) is 6.61. The Hall–Kier alpha value is -3.59. The summed E-state index contributed by atoms with van der Waals surface area (Å²) in [5.41, 5.74) is 3.59. The fourth-order valence-electron chi connectivity index (χ4n) is 2.58. The van der Waals surface area contributed by atoms with Crippen molar-refractivity contribution in [3.8, 4) is 5.69 Å². The summed E-state index contributed by atoms with van der Waals surface area (Å²) in [5.74, 6) is -3.14. The molecule has 0 bridgehead atoms. The van der Waals surface area contributed by atoms with E-state index in [1.165, 1.54) is 16.7 Å². The lowest BCUT2D eigenvalue weighted by atomic mass is 10.1. The molecule has 0 saturated heterocycles. The molecule has 0 saturated carbocycles. The van der Waals surface area contributed by atoms with Crippen molar-refractivity contribution in [3.63, 3.8) is 0 Å². The third-order valence-electron chi connectivity index (χ3n) is 3.95. The van der Waals surface area contributed by atoms with Crippen LogP contribution in [-0.4, -0.2) is 32.3 Å². The summed E-state index contributed by atoms with van der Waals surface area (Å²) in [5, 5.41) is 18.2. The number of nitrogen functional groups attached to an aromatic ring is 1. The van der Waals surface area contributed by atoms with Crippen LogP contribution in [0, 0.1) is 11.6 Å². The Morgan fingerprint density at radius 1 is 1.26 bits per heavy atom. The number of aromatic carboxylic acids is 1. The minimum absolute atomic E-state index is 0.0330. The van der Waals surface area contributed by atoms with Crippen LogP contribution in [0.2, 0.25) is 0 Å². The molecule has 0 radical (unpaired) electrons. The van der Waals surface area contributed by atoms with Gasteiger partial charge in [-0.25, -0.2) is 18.6 Å². The third kappa shape index (κ3) is 3.04. The summed E-state index contributed by atoms with van der Waals surface area (Å²) in [6, 6.07) is 4.41. The lowest BCUT2D eigenvalue weighted by molar-refractivity contribution is 0.0695. The number of aliphatic hydroxyl groups is 1. The van der Waals surface area contributed by atoms with Gasteiger partial charge in [-0.15, -0.1) is 0 Å². The van der Waals surface area contributed by atoms with Crippen molar-refractivity contribution in [1.82, 2.24) is 9.55 Å². The van der Waals surface area contributed by atoms with E-state index in [2.05, 4.69) is 11.6 Å². The van der Waals surface area contributed by atoms with Crippen molar-refractivity contribution < 1.29 is 23.8 Å². The molecule has 2 aromatic heterocycles. The van der Waals surface area contributed by atoms with Crippen molar-refractivity contribution in [2.24, 2.45) is 0 Å². The monoisotopic (exact) mass is 373 g/mol. The van der Waals surface area contributed by atoms with Crippen LogP contribution in [0.4, 0.5) is 14.5 Å². The number of halogens is 2. The summed E-state index contributed by atoms with van der Waals surface area (Å²) in [4.78, 5) is 27.9. The first-order valence-electron chi connectivity index (χ1n) is 7.58. The topological polar surface area (TPSA) is 118 Å². The van der Waals surface area contributed by atoms with E-state index in [9.17, 15) is 28.6 Å². The second-order valence-corrected chi connectivity index (χ2v) is 5.70. The van der Waals surface area contributed by atoms with E-state index in [0.29, 0.717) is 0 Å². The molecule has 3 rings (SSSR count). The molecule has 9 heteroatoms. The zero-order valence-electron chi connectivity index (χ0n) is 13.7. The number of benzene rings is 1. The molecule has 1 aromatic carbocycles. The number of carboxylic acids is 1. The van der Waals surface area contributed by atoms with Gasteiger partial charge in [-0.3, -0.25) is 4.79 Å². The Morgan fingerprint density at radius 2 is 1.96 bits per heavy atom. The molecule has 0 atom stereocenters. The number of aliphatic hydroxyl groups excluding tert-OH is 1. The van der Waals surface area contributed by atoms with Gasteiger partial charge in [0.1, 0.15) is 28.5 Å². The number of anilines is 1. The highest BCUT2D eigenvalue weighted by Gasteiger charge is 2.20. The molecular weight excluding hydrogens is 360 g/mol. The van der Waals surface area contributed by atoms with Crippen LogP contribution in [-0.2, 0) is 0 Å². The number of carbonyl (C=O) groups is 1. The molecule has 0 unspecified atom stereocenters. The first-order valence-corrected chi connectivity index (χ1v) is 7.58. The maximum Gasteiger partial charge on any atom is 0.341 e. The SMILES string of the molecule is C=C(CO)c1nc2c(cc1F)c(=O)c(C(=O)O)cn2-c1ccc(F)c(N)c1. The number of carboxylic acid groups (broad SMARTS) is 1. The summed E-state index contributed by atoms with van der Waals surface area (Å²) < 4.78 is 29.0. The normalized spacial score (nSPS) is 10.9. The molecule has 0 amide bonds. The molecule has 0 spiro atoms. The van der Waals surface area contributed by atoms with Crippen molar-refractivity contribution >= 4 is 28.3 Å². The fourth-order valence-corrected chi connectivity index (χ4v) is 2.58. The van der Waals surface area contributed by atoms with Gasteiger partial charge >= 0.3 is 5.97 Å². The highest BCUT2D eigenvalue weighted by atomic mass is 19.1. The molecule has 0 aliphatic carbocycles. The number of fused-ring (bicyclic) bond motifs is 1. The third-order valence-corrected chi connectivity index (χ3v) is 3.95. The molecule has 2 heterocycles. The summed E-state index contributed by atoms with van der Waals surface area (Å²) in [6.45, 7) is 2.93. The zero-order chi connectivity index (χ0) is 19.9. The zero-order valence-corrected chi connectivity index (χ0v) is 13.7. The molecule has 0 aliphatic rings. The number of aromatic nitrogens is 2. The van der Waals surface area contributed by atoms with E-state index in [0.717, 1.165) is 18.3 Å². The van der Waals surface area contributed by atoms with Crippen molar-refractivity contribution in [2.75, 3.05) is 12.3 Å². The minimum atomic E-state index is -1.52. The van der Waals surface area contributed by atoms with Gasteiger partial charge in [0.05, 0.1) is 17.7 Å². The van der Waals surface area contributed by atoms with Crippen LogP contribution in [0.25, 0.3) is 22.3 Å². The predicted molar refractivity (Wildman–Crippen MR) is 94.7 cm³/mol. The van der Waals surface area contributed by atoms with E-state index in [1.807, 2.05) is 0 Å². The summed E-state index contributed by atoms with van der Waals surface area (Å²) in [7, 11) is 0. The van der Waals surface area contributed by atoms with Gasteiger partial charge in [0.15, 0.2) is 0 Å². The molecular formula is C18H13F2N3O4. The second-order valence-electron chi connectivity index (χ2n) is 5.70. The number of hydrogen-bond donors (Lipinski definition) is 3. The van der Waals surface area contributed by atoms with E-state index in [-0.39, 0.29) is 33.7 Å². The van der Waals surface area contributed by atoms with Crippen molar-refractivity contribution in [2.45, 2.75) is 0 Å². The minimum Gasteiger partial charge on any atom is -0.477 e. The smallest absolute Gasteiger partial charge is 0.341 e. The van der Waals surface area contributed by atoms with Gasteiger partial charge in [-0.1, -0.05) is 6.58 Å². The quantitative estimate of drug-likeness (QED) is 0.602. The maximum absolute atomic E-state index is 14.3. The molecule has 3 aromatic rings. The fraction of sp³-hybridized carbons (Fsp3) is 0.0556. The average Bonchev–Trinajstić information content (AvgIpc) is 2.63. The Kier molecular flexibility index (Phi) is 4.46. The van der Waals surface area contributed by atoms with Crippen molar-refractivity contribution in [3.05, 3.63) is 70.2 Å². The van der Waals surface area contributed by atoms with Gasteiger partial charge < -0.3 is 20.5 Å². The van der Waals surface area contributed by atoms with E-state index in [1.54, 1.807) is 0 Å². The number of rotatable bonds is 4. The van der Waals surface area contributed by atoms with Gasteiger partial charge in [-0.2, -0.15) is 0 Å². The van der Waals surface area contributed by atoms with Crippen LogP contribution < -0.4 is 11.2 Å². The van der Waals surface area contributed by atoms with E-state index < -0.39 is 35.2 Å². The van der Waals surface area contributed by atoms with E-state index >= 15 is 0 Å². The first-order chi connectivity index (χ1) is 12.7. The Labute approximate surface area is 150 Å². The van der Waals surface area contributed by atoms with Gasteiger partial charge in [0.25, 0.3) is 0 Å². The maximum atomic E-state index is 14.3. The number of nitrogens with zero attached hydrogens (tertiary/aromatic N) is 2. The average molecular weight is 373 g/mol. The Morgan fingerprint density at radius 3 is 2.56 bits per heavy atom. The highest BCUT2D eigenvalue weighted by Crippen LogP contribution is 2.23. The van der Waals surface area contributed by atoms with Crippen molar-refractivity contribution in [1.29, 1.82) is 0 Å². The molecule has 138 valence electrons. The van der Waals surface area contributed by atoms with E-state index in [4.69, 9.17) is 5.73 Å². The number of hydrogen-bond acceptors (Lipinski definition) is 5. The molecule has 27 heavy (non-hydrogen) atoms. The van der Waals surface area contributed by atoms with Gasteiger partial charge in [0.2, 0.25) is 5.43 Å². The molecule has 7 nitrogen and oxygen atoms in total. The molecule has 4 N–H and O–H groups in total. The van der Waals surface area contributed by atoms with Gasteiger partial charge in [0, 0.05) is 11.9 Å². The lowest BCUT2D eigenvalue weighted by Crippen LogP contribution is -2.20. The van der Waals surface area contributed by atoms with Gasteiger partial charge in [-0.05, 0) is 29.8 Å². The molecule has 0 fully saturated rings. The lowest BCUT2D eigenvalue weighted by Gasteiger charge is -2.14. The van der Waals surface area contributed by atoms with Crippen LogP contribution in [0.3, 0.4) is 0 Å². The highest BCUT2D eigenvalue weighted by molar-refractivity contribution is 5.92. The largest absolute Gasteiger partial charge is 0.477 e. The number of nitrogens with two attached hydrogens (primary N) is 1. The van der Waals surface area contributed by atoms with Crippen LogP contribution in [0.1, 0.15) is 16.1 Å². The summed E-state index contributed by atoms with van der Waals surface area (Å²) >= 11 is 0.